The van der Waals surface area contributed by atoms with Crippen LogP contribution in [0, 0.1) is 5.92 Å². The highest BCUT2D eigenvalue weighted by atomic mass is 16.6. The Hall–Kier alpha value is -2.83. The number of rotatable bonds is 5. The molecule has 1 aromatic heterocycles. The maximum Gasteiger partial charge on any atom is 0.165 e. The van der Waals surface area contributed by atoms with Crippen molar-refractivity contribution >= 4 is 10.9 Å². The van der Waals surface area contributed by atoms with E-state index in [2.05, 4.69) is 23.1 Å². The molecule has 2 aliphatic heterocycles. The number of methoxy groups -OCH3 is 1. The third kappa shape index (κ3) is 3.80. The van der Waals surface area contributed by atoms with Crippen LogP contribution in [0.15, 0.2) is 48.5 Å². The van der Waals surface area contributed by atoms with Crippen molar-refractivity contribution in [3.05, 3.63) is 59.8 Å². The monoisotopic (exact) mass is 406 g/mol. The number of aliphatic hydroxyl groups is 1. The Labute approximate surface area is 176 Å². The Morgan fingerprint density at radius 3 is 2.70 bits per heavy atom. The van der Waals surface area contributed by atoms with Crippen LogP contribution < -0.4 is 14.2 Å². The molecule has 2 aliphatic rings. The number of pyridine rings is 1. The molecule has 6 nitrogen and oxygen atoms in total. The van der Waals surface area contributed by atoms with Crippen LogP contribution in [0.2, 0.25) is 0 Å². The van der Waals surface area contributed by atoms with E-state index >= 15 is 0 Å². The standard InChI is InChI=1S/C24H26N2O4/c1-28-22-12-24-23(29-8-9-30-24)11-18(22)14-26-13-17(21(27)15-26)10-19-7-6-16-4-2-3-5-20(16)25-19/h2-7,11-12,17,21,27H,8-10,13-15H2,1H3/t17-,21-/m1/s1. The number of likely N-dealkylation sites (tertiary alicyclic amines) is 1. The summed E-state index contributed by atoms with van der Waals surface area (Å²) in [6.45, 7) is 3.25. The number of hydrogen-bond donors (Lipinski definition) is 1. The predicted octanol–water partition coefficient (Wildman–Crippen LogP) is 3.05. The van der Waals surface area contributed by atoms with Crippen LogP contribution in [-0.4, -0.2) is 54.5 Å². The molecule has 2 atom stereocenters. The fourth-order valence-corrected chi connectivity index (χ4v) is 4.43. The van der Waals surface area contributed by atoms with E-state index in [1.807, 2.05) is 30.3 Å². The Balaban J connectivity index is 1.29. The minimum Gasteiger partial charge on any atom is -0.496 e. The summed E-state index contributed by atoms with van der Waals surface area (Å²) in [4.78, 5) is 7.05. The van der Waals surface area contributed by atoms with E-state index in [1.165, 1.54) is 0 Å². The fraction of sp³-hybridized carbons (Fsp3) is 0.375. The maximum absolute atomic E-state index is 10.7. The van der Waals surface area contributed by atoms with Gasteiger partial charge in [0.05, 0.1) is 18.7 Å². The molecule has 0 radical (unpaired) electrons. The maximum atomic E-state index is 10.7. The van der Waals surface area contributed by atoms with Crippen molar-refractivity contribution in [1.29, 1.82) is 0 Å². The van der Waals surface area contributed by atoms with Gasteiger partial charge in [0.15, 0.2) is 11.5 Å². The van der Waals surface area contributed by atoms with Crippen LogP contribution >= 0.6 is 0 Å². The van der Waals surface area contributed by atoms with Gasteiger partial charge in [-0.2, -0.15) is 0 Å². The first-order valence-corrected chi connectivity index (χ1v) is 10.4. The van der Waals surface area contributed by atoms with Crippen LogP contribution in [-0.2, 0) is 13.0 Å². The molecule has 1 N–H and O–H groups in total. The molecule has 0 spiro atoms. The van der Waals surface area contributed by atoms with Gasteiger partial charge in [-0.3, -0.25) is 9.88 Å². The number of aromatic nitrogens is 1. The third-order valence-electron chi connectivity index (χ3n) is 5.95. The largest absolute Gasteiger partial charge is 0.496 e. The Bertz CT molecular complexity index is 1050. The molecular formula is C24H26N2O4. The number of para-hydroxylation sites is 1. The van der Waals surface area contributed by atoms with E-state index in [0.717, 1.165) is 52.4 Å². The molecule has 0 bridgehead atoms. The smallest absolute Gasteiger partial charge is 0.165 e. The minimum absolute atomic E-state index is 0.155. The highest BCUT2D eigenvalue weighted by molar-refractivity contribution is 5.78. The van der Waals surface area contributed by atoms with E-state index < -0.39 is 0 Å². The van der Waals surface area contributed by atoms with Crippen molar-refractivity contribution in [2.75, 3.05) is 33.4 Å². The second kappa shape index (κ2) is 8.13. The lowest BCUT2D eigenvalue weighted by Gasteiger charge is -2.23. The van der Waals surface area contributed by atoms with Crippen molar-refractivity contribution in [1.82, 2.24) is 9.88 Å². The van der Waals surface area contributed by atoms with E-state index in [4.69, 9.17) is 19.2 Å². The van der Waals surface area contributed by atoms with Crippen LogP contribution in [0.1, 0.15) is 11.3 Å². The molecule has 5 rings (SSSR count). The quantitative estimate of drug-likeness (QED) is 0.703. The molecule has 1 saturated heterocycles. The number of aliphatic hydroxyl groups excluding tert-OH is 1. The van der Waals surface area contributed by atoms with Crippen LogP contribution in [0.25, 0.3) is 10.9 Å². The second-order valence-electron chi connectivity index (χ2n) is 8.03. The predicted molar refractivity (Wildman–Crippen MR) is 114 cm³/mol. The highest BCUT2D eigenvalue weighted by Crippen LogP contribution is 2.38. The van der Waals surface area contributed by atoms with Crippen molar-refractivity contribution in [3.8, 4) is 17.2 Å². The van der Waals surface area contributed by atoms with Gasteiger partial charge in [-0.1, -0.05) is 24.3 Å². The molecule has 0 unspecified atom stereocenters. The Morgan fingerprint density at radius 2 is 1.87 bits per heavy atom. The molecule has 6 heteroatoms. The second-order valence-corrected chi connectivity index (χ2v) is 8.03. The molecule has 156 valence electrons. The Kier molecular flexibility index (Phi) is 5.19. The lowest BCUT2D eigenvalue weighted by atomic mass is 9.99. The summed E-state index contributed by atoms with van der Waals surface area (Å²) in [5.41, 5.74) is 3.07. The highest BCUT2D eigenvalue weighted by Gasteiger charge is 2.32. The van der Waals surface area contributed by atoms with E-state index in [9.17, 15) is 5.11 Å². The summed E-state index contributed by atoms with van der Waals surface area (Å²) in [6.07, 6.45) is 0.391. The molecular weight excluding hydrogens is 380 g/mol. The summed E-state index contributed by atoms with van der Waals surface area (Å²) in [7, 11) is 1.67. The first kappa shape index (κ1) is 19.2. The van der Waals surface area contributed by atoms with Gasteiger partial charge in [0.1, 0.15) is 19.0 Å². The van der Waals surface area contributed by atoms with Gasteiger partial charge in [-0.25, -0.2) is 0 Å². The molecule has 0 aliphatic carbocycles. The number of nitrogens with zero attached hydrogens (tertiary/aromatic N) is 2. The first-order valence-electron chi connectivity index (χ1n) is 10.4. The summed E-state index contributed by atoms with van der Waals surface area (Å²) >= 11 is 0. The van der Waals surface area contributed by atoms with Crippen LogP contribution in [0.4, 0.5) is 0 Å². The van der Waals surface area contributed by atoms with Gasteiger partial charge in [-0.15, -0.1) is 0 Å². The van der Waals surface area contributed by atoms with Crippen molar-refractivity contribution in [2.45, 2.75) is 19.1 Å². The normalized spacial score (nSPS) is 21.1. The number of hydrogen-bond acceptors (Lipinski definition) is 6. The zero-order valence-corrected chi connectivity index (χ0v) is 17.1. The van der Waals surface area contributed by atoms with Gasteiger partial charge < -0.3 is 19.3 Å². The Morgan fingerprint density at radius 1 is 1.07 bits per heavy atom. The number of ether oxygens (including phenoxy) is 3. The SMILES string of the molecule is COc1cc2c(cc1CN1C[C@@H](Cc3ccc4ccccc4n3)[C@H](O)C1)OCCO2. The van der Waals surface area contributed by atoms with Crippen molar-refractivity contribution < 1.29 is 19.3 Å². The first-order chi connectivity index (χ1) is 14.7. The van der Waals surface area contributed by atoms with Crippen molar-refractivity contribution in [2.24, 2.45) is 5.92 Å². The molecule has 3 heterocycles. The topological polar surface area (TPSA) is 64.1 Å². The minimum atomic E-state index is -0.374. The summed E-state index contributed by atoms with van der Waals surface area (Å²) in [6, 6.07) is 16.2. The summed E-state index contributed by atoms with van der Waals surface area (Å²) < 4.78 is 17.0. The molecule has 2 aromatic carbocycles. The fourth-order valence-electron chi connectivity index (χ4n) is 4.43. The molecule has 0 amide bonds. The molecule has 3 aromatic rings. The molecule has 0 saturated carbocycles. The zero-order chi connectivity index (χ0) is 20.5. The van der Waals surface area contributed by atoms with Gasteiger partial charge in [0, 0.05) is 48.3 Å². The van der Waals surface area contributed by atoms with Gasteiger partial charge in [-0.05, 0) is 24.6 Å². The van der Waals surface area contributed by atoms with Crippen LogP contribution in [0.5, 0.6) is 17.2 Å². The third-order valence-corrected chi connectivity index (χ3v) is 5.95. The van der Waals surface area contributed by atoms with Crippen LogP contribution in [0.3, 0.4) is 0 Å². The molecule has 30 heavy (non-hydrogen) atoms. The van der Waals surface area contributed by atoms with Gasteiger partial charge >= 0.3 is 0 Å². The summed E-state index contributed by atoms with van der Waals surface area (Å²) in [5.74, 6) is 2.42. The van der Waals surface area contributed by atoms with Crippen molar-refractivity contribution in [3.63, 3.8) is 0 Å². The van der Waals surface area contributed by atoms with E-state index in [-0.39, 0.29) is 12.0 Å². The van der Waals surface area contributed by atoms with Gasteiger partial charge in [0.25, 0.3) is 0 Å². The average Bonchev–Trinajstić information content (AvgIpc) is 3.11. The number of β-amino-alcohol motifs (C(OH)–C–C–N with tert-alkyl or cyclic N) is 1. The average molecular weight is 406 g/mol. The molecule has 1 fully saturated rings. The number of fused-ring (bicyclic) bond motifs is 2. The van der Waals surface area contributed by atoms with Gasteiger partial charge in [0.2, 0.25) is 0 Å². The summed E-state index contributed by atoms with van der Waals surface area (Å²) in [5, 5.41) is 11.8. The number of benzene rings is 2. The lowest BCUT2D eigenvalue weighted by Crippen LogP contribution is -2.22. The lowest BCUT2D eigenvalue weighted by molar-refractivity contribution is 0.140. The zero-order valence-electron chi connectivity index (χ0n) is 17.1. The van der Waals surface area contributed by atoms with E-state index in [1.54, 1.807) is 7.11 Å². The van der Waals surface area contributed by atoms with E-state index in [0.29, 0.717) is 26.3 Å².